The summed E-state index contributed by atoms with van der Waals surface area (Å²) < 4.78 is 12.4. The second-order valence-corrected chi connectivity index (χ2v) is 8.01. The second-order valence-electron chi connectivity index (χ2n) is 6.21. The lowest BCUT2D eigenvalue weighted by atomic mass is 10.2. The molecule has 0 saturated heterocycles. The lowest BCUT2D eigenvalue weighted by Crippen LogP contribution is -2.02. The lowest BCUT2D eigenvalue weighted by Gasteiger charge is -2.10. The maximum absolute atomic E-state index is 5.47. The van der Waals surface area contributed by atoms with E-state index in [0.717, 1.165) is 39.0 Å². The van der Waals surface area contributed by atoms with E-state index in [1.807, 2.05) is 49.4 Å². The number of thioether (sulfide) groups is 1. The summed E-state index contributed by atoms with van der Waals surface area (Å²) in [6.07, 6.45) is 0. The van der Waals surface area contributed by atoms with Gasteiger partial charge in [0, 0.05) is 16.7 Å². The third-order valence-corrected chi connectivity index (χ3v) is 6.13. The number of rotatable bonds is 7. The molecule has 0 unspecified atom stereocenters. The highest BCUT2D eigenvalue weighted by Crippen LogP contribution is 2.30. The summed E-state index contributed by atoms with van der Waals surface area (Å²) in [4.78, 5) is 4.74. The molecule has 4 aromatic rings. The molecule has 7 nitrogen and oxygen atoms in total. The molecular weight excluding hydrogens is 406 g/mol. The van der Waals surface area contributed by atoms with Crippen molar-refractivity contribution in [1.29, 1.82) is 0 Å². The summed E-state index contributed by atoms with van der Waals surface area (Å²) in [5, 5.41) is 15.9. The number of tetrazole rings is 1. The Morgan fingerprint density at radius 2 is 1.90 bits per heavy atom. The van der Waals surface area contributed by atoms with Crippen molar-refractivity contribution < 1.29 is 9.47 Å². The summed E-state index contributed by atoms with van der Waals surface area (Å²) in [6, 6.07) is 13.8. The molecule has 4 rings (SSSR count). The Kier molecular flexibility index (Phi) is 5.77. The van der Waals surface area contributed by atoms with Gasteiger partial charge in [-0.25, -0.2) is 4.98 Å². The van der Waals surface area contributed by atoms with Crippen LogP contribution in [-0.2, 0) is 5.75 Å². The van der Waals surface area contributed by atoms with Gasteiger partial charge in [-0.05, 0) is 59.3 Å². The summed E-state index contributed by atoms with van der Waals surface area (Å²) in [5.74, 6) is 2.22. The van der Waals surface area contributed by atoms with Crippen LogP contribution in [0, 0.1) is 6.92 Å². The molecule has 0 aliphatic carbocycles. The molecule has 9 heteroatoms. The van der Waals surface area contributed by atoms with Gasteiger partial charge in [0.1, 0.15) is 22.2 Å². The monoisotopic (exact) mass is 425 g/mol. The van der Waals surface area contributed by atoms with Gasteiger partial charge in [-0.1, -0.05) is 17.8 Å². The Balaban J connectivity index is 1.51. The highest BCUT2D eigenvalue weighted by molar-refractivity contribution is 7.98. The predicted molar refractivity (Wildman–Crippen MR) is 114 cm³/mol. The van der Waals surface area contributed by atoms with Crippen LogP contribution in [0.15, 0.2) is 53.0 Å². The second kappa shape index (κ2) is 8.62. The number of aryl methyl sites for hydroxylation is 1. The van der Waals surface area contributed by atoms with Gasteiger partial charge in [0.25, 0.3) is 0 Å². The normalized spacial score (nSPS) is 10.9. The molecule has 0 aliphatic heterocycles. The van der Waals surface area contributed by atoms with Crippen LogP contribution in [0.25, 0.3) is 16.3 Å². The summed E-state index contributed by atoms with van der Waals surface area (Å²) in [5.41, 5.74) is 3.98. The van der Waals surface area contributed by atoms with Gasteiger partial charge < -0.3 is 9.47 Å². The Morgan fingerprint density at radius 3 is 2.66 bits per heavy atom. The van der Waals surface area contributed by atoms with Gasteiger partial charge >= 0.3 is 0 Å². The fraction of sp³-hybridized carbons (Fsp3) is 0.200. The molecule has 29 heavy (non-hydrogen) atoms. The smallest absolute Gasteiger partial charge is 0.214 e. The Hall–Kier alpha value is -2.91. The van der Waals surface area contributed by atoms with Crippen molar-refractivity contribution in [3.8, 4) is 27.8 Å². The SMILES string of the molecule is COc1ccc(-c2nc(CSc3nnnn3-c3cc(C)ccc3OC)cs2)cc1. The first kappa shape index (κ1) is 19.4. The van der Waals surface area contributed by atoms with Crippen LogP contribution in [0.1, 0.15) is 11.3 Å². The first-order chi connectivity index (χ1) is 14.2. The van der Waals surface area contributed by atoms with Crippen LogP contribution in [0.4, 0.5) is 0 Å². The van der Waals surface area contributed by atoms with Gasteiger partial charge in [-0.2, -0.15) is 4.68 Å². The molecule has 2 heterocycles. The Morgan fingerprint density at radius 1 is 1.07 bits per heavy atom. The maximum Gasteiger partial charge on any atom is 0.214 e. The first-order valence-corrected chi connectivity index (χ1v) is 10.7. The maximum atomic E-state index is 5.47. The molecule has 0 amide bonds. The van der Waals surface area contributed by atoms with Crippen LogP contribution in [0.3, 0.4) is 0 Å². The van der Waals surface area contributed by atoms with Crippen LogP contribution < -0.4 is 9.47 Å². The number of hydrogen-bond acceptors (Lipinski definition) is 8. The molecule has 2 aromatic carbocycles. The number of thiazole rings is 1. The molecule has 0 atom stereocenters. The average molecular weight is 426 g/mol. The molecular formula is C20H19N5O2S2. The molecule has 2 aromatic heterocycles. The minimum Gasteiger partial charge on any atom is -0.497 e. The largest absolute Gasteiger partial charge is 0.497 e. The first-order valence-electron chi connectivity index (χ1n) is 8.83. The van der Waals surface area contributed by atoms with Gasteiger partial charge in [0.15, 0.2) is 0 Å². The van der Waals surface area contributed by atoms with E-state index in [4.69, 9.17) is 14.5 Å². The zero-order valence-corrected chi connectivity index (χ0v) is 17.8. The van der Waals surface area contributed by atoms with Crippen LogP contribution in [0.2, 0.25) is 0 Å². The minimum absolute atomic E-state index is 0.668. The van der Waals surface area contributed by atoms with Crippen molar-refractivity contribution >= 4 is 23.1 Å². The number of ether oxygens (including phenoxy) is 2. The highest BCUT2D eigenvalue weighted by Gasteiger charge is 2.15. The number of aromatic nitrogens is 5. The molecule has 148 valence electrons. The van der Waals surface area contributed by atoms with E-state index in [0.29, 0.717) is 10.9 Å². The standard InChI is InChI=1S/C20H19N5O2S2/c1-13-4-9-18(27-3)17(10-13)25-20(22-23-24-25)29-12-15-11-28-19(21-15)14-5-7-16(26-2)8-6-14/h4-11H,12H2,1-3H3. The molecule has 0 bridgehead atoms. The summed E-state index contributed by atoms with van der Waals surface area (Å²) >= 11 is 3.15. The molecule has 0 fully saturated rings. The number of methoxy groups -OCH3 is 2. The lowest BCUT2D eigenvalue weighted by molar-refractivity contribution is 0.410. The molecule has 0 radical (unpaired) electrons. The molecule has 0 N–H and O–H groups in total. The van der Waals surface area contributed by atoms with E-state index in [1.54, 1.807) is 30.2 Å². The third-order valence-electron chi connectivity index (χ3n) is 4.24. The van der Waals surface area contributed by atoms with Gasteiger partial charge in [0.2, 0.25) is 5.16 Å². The van der Waals surface area contributed by atoms with E-state index in [9.17, 15) is 0 Å². The van der Waals surface area contributed by atoms with Crippen molar-refractivity contribution in [3.63, 3.8) is 0 Å². The zero-order chi connectivity index (χ0) is 20.2. The molecule has 0 saturated carbocycles. The van der Waals surface area contributed by atoms with Gasteiger partial charge in [-0.3, -0.25) is 0 Å². The summed E-state index contributed by atoms with van der Waals surface area (Å²) in [7, 11) is 3.30. The minimum atomic E-state index is 0.668. The molecule has 0 spiro atoms. The third kappa shape index (κ3) is 4.25. The molecule has 0 aliphatic rings. The van der Waals surface area contributed by atoms with Crippen LogP contribution in [-0.4, -0.2) is 39.4 Å². The fourth-order valence-corrected chi connectivity index (χ4v) is 4.47. The number of benzene rings is 2. The fourth-order valence-electron chi connectivity index (χ4n) is 2.76. The van der Waals surface area contributed by atoms with E-state index < -0.39 is 0 Å². The van der Waals surface area contributed by atoms with Crippen molar-refractivity contribution in [1.82, 2.24) is 25.2 Å². The average Bonchev–Trinajstić information content (AvgIpc) is 3.41. The number of hydrogen-bond donors (Lipinski definition) is 0. The van der Waals surface area contributed by atoms with E-state index >= 15 is 0 Å². The van der Waals surface area contributed by atoms with Gasteiger partial charge in [-0.15, -0.1) is 16.4 Å². The number of nitrogens with zero attached hydrogens (tertiary/aromatic N) is 5. The van der Waals surface area contributed by atoms with Crippen LogP contribution in [0.5, 0.6) is 11.5 Å². The zero-order valence-electron chi connectivity index (χ0n) is 16.2. The van der Waals surface area contributed by atoms with Gasteiger partial charge in [0.05, 0.1) is 19.9 Å². The van der Waals surface area contributed by atoms with E-state index in [2.05, 4.69) is 20.9 Å². The Labute approximate surface area is 176 Å². The Bertz CT molecular complexity index is 1110. The van der Waals surface area contributed by atoms with Crippen LogP contribution >= 0.6 is 23.1 Å². The summed E-state index contributed by atoms with van der Waals surface area (Å²) in [6.45, 7) is 2.02. The van der Waals surface area contributed by atoms with E-state index in [1.165, 1.54) is 11.8 Å². The van der Waals surface area contributed by atoms with Crippen molar-refractivity contribution in [3.05, 3.63) is 59.1 Å². The topological polar surface area (TPSA) is 75.0 Å². The predicted octanol–water partition coefficient (Wildman–Crippen LogP) is 4.40. The highest BCUT2D eigenvalue weighted by atomic mass is 32.2. The van der Waals surface area contributed by atoms with Crippen molar-refractivity contribution in [2.75, 3.05) is 14.2 Å². The van der Waals surface area contributed by atoms with E-state index in [-0.39, 0.29) is 0 Å². The van der Waals surface area contributed by atoms with Crippen molar-refractivity contribution in [2.24, 2.45) is 0 Å². The quantitative estimate of drug-likeness (QED) is 0.406. The van der Waals surface area contributed by atoms with Crippen molar-refractivity contribution in [2.45, 2.75) is 17.8 Å².